The number of rotatable bonds is 11. The van der Waals surface area contributed by atoms with Gasteiger partial charge in [0.05, 0.1) is 16.6 Å². The van der Waals surface area contributed by atoms with Gasteiger partial charge < -0.3 is 4.74 Å². The Balaban J connectivity index is 1.52. The first-order chi connectivity index (χ1) is 16.0. The summed E-state index contributed by atoms with van der Waals surface area (Å²) in [6.45, 7) is 9.65. The Kier molecular flexibility index (Phi) is 9.23. The Bertz CT molecular complexity index is 947. The van der Waals surface area contributed by atoms with Gasteiger partial charge in [-0.1, -0.05) is 38.3 Å². The maximum Gasteiger partial charge on any atom is 0.269 e. The zero-order chi connectivity index (χ0) is 23.6. The van der Waals surface area contributed by atoms with E-state index in [4.69, 9.17) is 4.74 Å². The molecule has 2 aromatic rings. The SMILES string of the molecule is CCCCCC(c1ccc(C#N)c(C)c1)N1CCN(CCOc2ccc([N+](=O)[O-])cc2)CC1. The maximum absolute atomic E-state index is 10.8. The van der Waals surface area contributed by atoms with Crippen LogP contribution in [0.15, 0.2) is 42.5 Å². The van der Waals surface area contributed by atoms with E-state index in [1.54, 1.807) is 12.1 Å². The molecule has 1 heterocycles. The van der Waals surface area contributed by atoms with Crippen LogP contribution < -0.4 is 4.74 Å². The number of piperazine rings is 1. The summed E-state index contributed by atoms with van der Waals surface area (Å²) in [5.74, 6) is 0.659. The van der Waals surface area contributed by atoms with Gasteiger partial charge in [-0.25, -0.2) is 0 Å². The smallest absolute Gasteiger partial charge is 0.269 e. The highest BCUT2D eigenvalue weighted by molar-refractivity contribution is 5.40. The second kappa shape index (κ2) is 12.3. The predicted octanol–water partition coefficient (Wildman–Crippen LogP) is 5.09. The zero-order valence-electron chi connectivity index (χ0n) is 19.7. The normalized spacial score (nSPS) is 15.7. The average Bonchev–Trinajstić information content (AvgIpc) is 2.83. The van der Waals surface area contributed by atoms with Crippen molar-refractivity contribution < 1.29 is 9.66 Å². The molecule has 7 nitrogen and oxygen atoms in total. The Morgan fingerprint density at radius 1 is 1.12 bits per heavy atom. The van der Waals surface area contributed by atoms with Gasteiger partial charge in [0.2, 0.25) is 0 Å². The highest BCUT2D eigenvalue weighted by atomic mass is 16.6. The molecule has 33 heavy (non-hydrogen) atoms. The number of hydrogen-bond donors (Lipinski definition) is 0. The molecular weight excluding hydrogens is 416 g/mol. The van der Waals surface area contributed by atoms with Gasteiger partial charge in [0, 0.05) is 50.9 Å². The van der Waals surface area contributed by atoms with Crippen molar-refractivity contribution in [3.05, 3.63) is 69.3 Å². The molecule has 1 atom stereocenters. The third-order valence-corrected chi connectivity index (χ3v) is 6.41. The van der Waals surface area contributed by atoms with Crippen LogP contribution in [0.5, 0.6) is 5.75 Å². The van der Waals surface area contributed by atoms with Gasteiger partial charge in [-0.15, -0.1) is 0 Å². The molecule has 176 valence electrons. The Morgan fingerprint density at radius 3 is 2.45 bits per heavy atom. The second-order valence-corrected chi connectivity index (χ2v) is 8.67. The van der Waals surface area contributed by atoms with Gasteiger partial charge >= 0.3 is 0 Å². The number of benzene rings is 2. The summed E-state index contributed by atoms with van der Waals surface area (Å²) in [5, 5.41) is 20.0. The number of ether oxygens (including phenoxy) is 1. The highest BCUT2D eigenvalue weighted by Gasteiger charge is 2.25. The number of nitriles is 1. The molecule has 1 unspecified atom stereocenters. The average molecular weight is 451 g/mol. The summed E-state index contributed by atoms with van der Waals surface area (Å²) >= 11 is 0. The lowest BCUT2D eigenvalue weighted by Gasteiger charge is -2.39. The first-order valence-corrected chi connectivity index (χ1v) is 11.9. The number of hydrogen-bond acceptors (Lipinski definition) is 6. The quantitative estimate of drug-likeness (QED) is 0.269. The number of nitro benzene ring substituents is 1. The molecule has 1 saturated heterocycles. The van der Waals surface area contributed by atoms with Crippen molar-refractivity contribution in [2.24, 2.45) is 0 Å². The largest absolute Gasteiger partial charge is 0.492 e. The Morgan fingerprint density at radius 2 is 1.85 bits per heavy atom. The standard InChI is InChI=1S/C26H34N4O3/c1-3-4-5-6-26(22-7-8-23(20-27)21(2)19-22)29-15-13-28(14-16-29)17-18-33-25-11-9-24(10-12-25)30(31)32/h7-12,19,26H,3-6,13-18H2,1-2H3. The molecule has 0 saturated carbocycles. The molecule has 0 aromatic heterocycles. The van der Waals surface area contributed by atoms with Gasteiger partial charge in [-0.2, -0.15) is 5.26 Å². The minimum atomic E-state index is -0.405. The van der Waals surface area contributed by atoms with Crippen molar-refractivity contribution >= 4 is 5.69 Å². The van der Waals surface area contributed by atoms with Crippen LogP contribution in [0, 0.1) is 28.4 Å². The summed E-state index contributed by atoms with van der Waals surface area (Å²) in [7, 11) is 0. The maximum atomic E-state index is 10.8. The lowest BCUT2D eigenvalue weighted by Crippen LogP contribution is -2.48. The van der Waals surface area contributed by atoms with E-state index in [0.717, 1.165) is 50.3 Å². The molecule has 0 aliphatic carbocycles. The van der Waals surface area contributed by atoms with Crippen molar-refractivity contribution in [3.63, 3.8) is 0 Å². The van der Waals surface area contributed by atoms with Crippen LogP contribution in [0.2, 0.25) is 0 Å². The Labute approximate surface area is 196 Å². The van der Waals surface area contributed by atoms with Crippen LogP contribution >= 0.6 is 0 Å². The van der Waals surface area contributed by atoms with Crippen LogP contribution in [0.4, 0.5) is 5.69 Å². The van der Waals surface area contributed by atoms with Crippen molar-refractivity contribution in [2.45, 2.75) is 45.6 Å². The molecule has 1 fully saturated rings. The van der Waals surface area contributed by atoms with Gasteiger partial charge in [-0.05, 0) is 42.7 Å². The zero-order valence-corrected chi connectivity index (χ0v) is 19.7. The van der Waals surface area contributed by atoms with E-state index < -0.39 is 4.92 Å². The topological polar surface area (TPSA) is 82.6 Å². The van der Waals surface area contributed by atoms with Crippen molar-refractivity contribution in [1.82, 2.24) is 9.80 Å². The number of non-ortho nitro benzene ring substituents is 1. The fraction of sp³-hybridized carbons (Fsp3) is 0.500. The summed E-state index contributed by atoms with van der Waals surface area (Å²) in [5.41, 5.74) is 3.20. The predicted molar refractivity (Wildman–Crippen MR) is 129 cm³/mol. The van der Waals surface area contributed by atoms with Crippen LogP contribution in [-0.2, 0) is 0 Å². The van der Waals surface area contributed by atoms with Gasteiger partial charge in [0.15, 0.2) is 0 Å². The van der Waals surface area contributed by atoms with E-state index in [1.807, 2.05) is 13.0 Å². The minimum Gasteiger partial charge on any atom is -0.492 e. The molecule has 1 aliphatic heterocycles. The van der Waals surface area contributed by atoms with E-state index in [2.05, 4.69) is 34.9 Å². The van der Waals surface area contributed by atoms with Crippen LogP contribution in [-0.4, -0.2) is 54.1 Å². The third-order valence-electron chi connectivity index (χ3n) is 6.41. The van der Waals surface area contributed by atoms with Crippen LogP contribution in [0.25, 0.3) is 0 Å². The third kappa shape index (κ3) is 7.01. The van der Waals surface area contributed by atoms with Gasteiger partial charge in [-0.3, -0.25) is 19.9 Å². The van der Waals surface area contributed by atoms with E-state index in [-0.39, 0.29) is 5.69 Å². The van der Waals surface area contributed by atoms with E-state index in [9.17, 15) is 15.4 Å². The van der Waals surface area contributed by atoms with Crippen molar-refractivity contribution in [2.75, 3.05) is 39.3 Å². The van der Waals surface area contributed by atoms with E-state index >= 15 is 0 Å². The number of unbranched alkanes of at least 4 members (excludes halogenated alkanes) is 2. The number of aryl methyl sites for hydroxylation is 1. The lowest BCUT2D eigenvalue weighted by atomic mass is 9.95. The molecule has 3 rings (SSSR count). The molecule has 0 N–H and O–H groups in total. The lowest BCUT2D eigenvalue weighted by molar-refractivity contribution is -0.384. The first kappa shape index (κ1) is 24.7. The molecule has 0 amide bonds. The minimum absolute atomic E-state index is 0.0735. The van der Waals surface area contributed by atoms with Crippen LogP contribution in [0.1, 0.15) is 55.3 Å². The molecule has 7 heteroatoms. The molecule has 0 radical (unpaired) electrons. The Hall–Kier alpha value is -2.95. The molecule has 0 bridgehead atoms. The van der Waals surface area contributed by atoms with Crippen molar-refractivity contribution in [1.29, 1.82) is 5.26 Å². The molecule has 0 spiro atoms. The fourth-order valence-electron chi connectivity index (χ4n) is 4.42. The van der Waals surface area contributed by atoms with Crippen LogP contribution in [0.3, 0.4) is 0 Å². The number of nitrogens with zero attached hydrogens (tertiary/aromatic N) is 4. The summed E-state index contributed by atoms with van der Waals surface area (Å²) in [6, 6.07) is 15.2. The molecular formula is C26H34N4O3. The van der Waals surface area contributed by atoms with Gasteiger partial charge in [0.25, 0.3) is 5.69 Å². The summed E-state index contributed by atoms with van der Waals surface area (Å²) in [4.78, 5) is 15.4. The van der Waals surface area contributed by atoms with Crippen molar-refractivity contribution in [3.8, 4) is 11.8 Å². The van der Waals surface area contributed by atoms with E-state index in [1.165, 1.54) is 37.0 Å². The monoisotopic (exact) mass is 450 g/mol. The number of nitro groups is 1. The molecule has 2 aromatic carbocycles. The second-order valence-electron chi connectivity index (χ2n) is 8.67. The summed E-state index contributed by atoms with van der Waals surface area (Å²) < 4.78 is 5.78. The fourth-order valence-corrected chi connectivity index (χ4v) is 4.42. The summed E-state index contributed by atoms with van der Waals surface area (Å²) in [6.07, 6.45) is 4.80. The first-order valence-electron chi connectivity index (χ1n) is 11.9. The molecule has 1 aliphatic rings. The van der Waals surface area contributed by atoms with E-state index in [0.29, 0.717) is 18.4 Å². The highest BCUT2D eigenvalue weighted by Crippen LogP contribution is 2.29. The van der Waals surface area contributed by atoms with Gasteiger partial charge in [0.1, 0.15) is 12.4 Å².